The van der Waals surface area contributed by atoms with E-state index < -0.39 is 0 Å². The first-order chi connectivity index (χ1) is 12.5. The molecule has 0 aliphatic rings. The van der Waals surface area contributed by atoms with Crippen molar-refractivity contribution in [2.45, 2.75) is 27.3 Å². The molecule has 150 valence electrons. The van der Waals surface area contributed by atoms with E-state index in [9.17, 15) is 0 Å². The van der Waals surface area contributed by atoms with Gasteiger partial charge in [0.1, 0.15) is 0 Å². The molecule has 2 aromatic rings. The molecule has 8 heteroatoms. The molecule has 0 spiro atoms. The molecule has 1 aromatic heterocycles. The van der Waals surface area contributed by atoms with Crippen molar-refractivity contribution in [3.8, 4) is 11.5 Å². The van der Waals surface area contributed by atoms with Crippen molar-refractivity contribution in [3.05, 3.63) is 35.7 Å². The van der Waals surface area contributed by atoms with Gasteiger partial charge in [0.2, 0.25) is 0 Å². The van der Waals surface area contributed by atoms with Crippen LogP contribution >= 0.6 is 24.0 Å². The van der Waals surface area contributed by atoms with E-state index in [-0.39, 0.29) is 24.0 Å². The Bertz CT molecular complexity index is 761. The van der Waals surface area contributed by atoms with Gasteiger partial charge in [-0.15, -0.1) is 24.0 Å². The van der Waals surface area contributed by atoms with Crippen LogP contribution in [0.25, 0.3) is 0 Å². The molecule has 1 unspecified atom stereocenters. The Morgan fingerprint density at radius 3 is 2.44 bits per heavy atom. The van der Waals surface area contributed by atoms with Gasteiger partial charge in [0, 0.05) is 37.6 Å². The highest BCUT2D eigenvalue weighted by molar-refractivity contribution is 14.0. The summed E-state index contributed by atoms with van der Waals surface area (Å²) in [6, 6.07) is 7.76. The average molecular weight is 487 g/mol. The Balaban J connectivity index is 0.00000364. The summed E-state index contributed by atoms with van der Waals surface area (Å²) < 4.78 is 12.6. The molecule has 0 saturated carbocycles. The van der Waals surface area contributed by atoms with Crippen molar-refractivity contribution in [3.63, 3.8) is 0 Å². The smallest absolute Gasteiger partial charge is 0.195 e. The van der Waals surface area contributed by atoms with Crippen molar-refractivity contribution < 1.29 is 9.47 Å². The van der Waals surface area contributed by atoms with Crippen LogP contribution in [-0.4, -0.2) is 43.6 Å². The van der Waals surface area contributed by atoms with E-state index in [0.717, 1.165) is 24.5 Å². The van der Waals surface area contributed by atoms with Crippen LogP contribution in [0.2, 0.25) is 0 Å². The fourth-order valence-electron chi connectivity index (χ4n) is 2.72. The number of halogens is 1. The van der Waals surface area contributed by atoms with E-state index in [1.807, 2.05) is 29.8 Å². The molecular formula is C19H30IN5O2. The highest BCUT2D eigenvalue weighted by Gasteiger charge is 2.10. The van der Waals surface area contributed by atoms with Crippen molar-refractivity contribution in [2.24, 2.45) is 10.9 Å². The van der Waals surface area contributed by atoms with Gasteiger partial charge in [-0.3, -0.25) is 9.67 Å². The lowest BCUT2D eigenvalue weighted by molar-refractivity contribution is 0.355. The zero-order valence-electron chi connectivity index (χ0n) is 16.9. The molecule has 0 fully saturated rings. The maximum atomic E-state index is 5.33. The van der Waals surface area contributed by atoms with Crippen molar-refractivity contribution >= 4 is 35.6 Å². The van der Waals surface area contributed by atoms with E-state index in [1.165, 1.54) is 5.69 Å². The third-order valence-electron chi connectivity index (χ3n) is 4.08. The van der Waals surface area contributed by atoms with Gasteiger partial charge in [-0.05, 0) is 38.0 Å². The summed E-state index contributed by atoms with van der Waals surface area (Å²) in [5.41, 5.74) is 3.11. The van der Waals surface area contributed by atoms with E-state index in [4.69, 9.17) is 9.47 Å². The molecule has 0 aliphatic heterocycles. The molecule has 2 rings (SSSR count). The molecule has 1 aromatic carbocycles. The summed E-state index contributed by atoms with van der Waals surface area (Å²) in [5.74, 6) is 2.47. The topological polar surface area (TPSA) is 72.7 Å². The molecule has 27 heavy (non-hydrogen) atoms. The minimum absolute atomic E-state index is 0. The van der Waals surface area contributed by atoms with E-state index >= 15 is 0 Å². The quantitative estimate of drug-likeness (QED) is 0.356. The SMILES string of the molecule is CN=C(NCC(C)Cn1nc(C)cc1C)Nc1ccc(OC)c(OC)c1.I. The Morgan fingerprint density at radius 1 is 1.19 bits per heavy atom. The molecule has 0 radical (unpaired) electrons. The third kappa shape index (κ3) is 6.60. The molecule has 7 nitrogen and oxygen atoms in total. The summed E-state index contributed by atoms with van der Waals surface area (Å²) in [4.78, 5) is 4.28. The largest absolute Gasteiger partial charge is 0.493 e. The highest BCUT2D eigenvalue weighted by Crippen LogP contribution is 2.29. The van der Waals surface area contributed by atoms with Crippen LogP contribution < -0.4 is 20.1 Å². The number of hydrogen-bond donors (Lipinski definition) is 2. The Hall–Kier alpha value is -1.97. The predicted molar refractivity (Wildman–Crippen MR) is 121 cm³/mol. The molecule has 0 amide bonds. The second-order valence-electron chi connectivity index (χ2n) is 6.36. The maximum absolute atomic E-state index is 5.33. The van der Waals surface area contributed by atoms with Gasteiger partial charge in [-0.1, -0.05) is 6.92 Å². The second-order valence-corrected chi connectivity index (χ2v) is 6.36. The van der Waals surface area contributed by atoms with E-state index in [1.54, 1.807) is 21.3 Å². The van der Waals surface area contributed by atoms with Gasteiger partial charge in [0.25, 0.3) is 0 Å². The first-order valence-corrected chi connectivity index (χ1v) is 8.67. The van der Waals surface area contributed by atoms with Gasteiger partial charge in [0.05, 0.1) is 19.9 Å². The number of nitrogens with zero attached hydrogens (tertiary/aromatic N) is 3. The molecular weight excluding hydrogens is 457 g/mol. The van der Waals surface area contributed by atoms with Crippen LogP contribution in [0.5, 0.6) is 11.5 Å². The lowest BCUT2D eigenvalue weighted by Crippen LogP contribution is -2.35. The van der Waals surface area contributed by atoms with Crippen LogP contribution in [0.1, 0.15) is 18.3 Å². The van der Waals surface area contributed by atoms with Gasteiger partial charge in [-0.2, -0.15) is 5.10 Å². The number of nitrogens with one attached hydrogen (secondary N) is 2. The monoisotopic (exact) mass is 487 g/mol. The van der Waals surface area contributed by atoms with Crippen LogP contribution in [0.3, 0.4) is 0 Å². The maximum Gasteiger partial charge on any atom is 0.195 e. The first-order valence-electron chi connectivity index (χ1n) is 8.67. The Kier molecular flexibility index (Phi) is 9.40. The molecule has 2 N–H and O–H groups in total. The summed E-state index contributed by atoms with van der Waals surface area (Å²) in [5, 5.41) is 11.1. The fraction of sp³-hybridized carbons (Fsp3) is 0.474. The summed E-state index contributed by atoms with van der Waals surface area (Å²) >= 11 is 0. The lowest BCUT2D eigenvalue weighted by atomic mass is 10.2. The van der Waals surface area contributed by atoms with Crippen molar-refractivity contribution in [1.82, 2.24) is 15.1 Å². The number of guanidine groups is 1. The number of aryl methyl sites for hydroxylation is 2. The summed E-state index contributed by atoms with van der Waals surface area (Å²) in [6.45, 7) is 7.93. The fourth-order valence-corrected chi connectivity index (χ4v) is 2.72. The van der Waals surface area contributed by atoms with Gasteiger partial charge in [-0.25, -0.2) is 0 Å². The normalized spacial score (nSPS) is 12.1. The number of hydrogen-bond acceptors (Lipinski definition) is 4. The second kappa shape index (κ2) is 11.0. The number of rotatable bonds is 7. The lowest BCUT2D eigenvalue weighted by Gasteiger charge is -2.17. The van der Waals surface area contributed by atoms with Crippen LogP contribution in [0, 0.1) is 19.8 Å². The van der Waals surface area contributed by atoms with Crippen LogP contribution in [0.15, 0.2) is 29.3 Å². The molecule has 0 saturated heterocycles. The van der Waals surface area contributed by atoms with Gasteiger partial charge < -0.3 is 20.1 Å². The molecule has 1 heterocycles. The minimum Gasteiger partial charge on any atom is -0.493 e. The molecule has 0 bridgehead atoms. The predicted octanol–water partition coefficient (Wildman–Crippen LogP) is 3.46. The zero-order valence-corrected chi connectivity index (χ0v) is 19.2. The first kappa shape index (κ1) is 23.1. The van der Waals surface area contributed by atoms with Gasteiger partial charge >= 0.3 is 0 Å². The number of anilines is 1. The summed E-state index contributed by atoms with van der Waals surface area (Å²) in [6.07, 6.45) is 0. The Morgan fingerprint density at radius 2 is 1.89 bits per heavy atom. The zero-order chi connectivity index (χ0) is 19.1. The number of benzene rings is 1. The molecule has 0 aliphatic carbocycles. The number of aliphatic imine (C=N–C) groups is 1. The number of ether oxygens (including phenoxy) is 2. The van der Waals surface area contributed by atoms with Crippen LogP contribution in [-0.2, 0) is 6.54 Å². The number of methoxy groups -OCH3 is 2. The average Bonchev–Trinajstić information content (AvgIpc) is 2.95. The third-order valence-corrected chi connectivity index (χ3v) is 4.08. The van der Waals surface area contributed by atoms with Crippen molar-refractivity contribution in [2.75, 3.05) is 33.1 Å². The van der Waals surface area contributed by atoms with Crippen LogP contribution in [0.4, 0.5) is 5.69 Å². The number of aromatic nitrogens is 2. The van der Waals surface area contributed by atoms with E-state index in [0.29, 0.717) is 23.4 Å². The highest BCUT2D eigenvalue weighted by atomic mass is 127. The summed E-state index contributed by atoms with van der Waals surface area (Å²) in [7, 11) is 4.99. The minimum atomic E-state index is 0. The standard InChI is InChI=1S/C19H29N5O2.HI/c1-13(12-24-15(3)9-14(2)23-24)11-21-19(20-4)22-16-7-8-17(25-5)18(10-16)26-6;/h7-10,13H,11-12H2,1-6H3,(H2,20,21,22);1H. The van der Waals surface area contributed by atoms with Gasteiger partial charge in [0.15, 0.2) is 17.5 Å². The Labute approximate surface area is 178 Å². The molecule has 1 atom stereocenters. The van der Waals surface area contributed by atoms with E-state index in [2.05, 4.69) is 40.6 Å². The van der Waals surface area contributed by atoms with Crippen molar-refractivity contribution in [1.29, 1.82) is 0 Å².